The van der Waals surface area contributed by atoms with Gasteiger partial charge in [0.2, 0.25) is 0 Å². The number of hydrogen-bond acceptors (Lipinski definition) is 7. The molecule has 0 radical (unpaired) electrons. The lowest BCUT2D eigenvalue weighted by Crippen LogP contribution is -2.41. The molecule has 0 atom stereocenters. The maximum absolute atomic E-state index is 14.7. The molecule has 2 aromatic carbocycles. The van der Waals surface area contributed by atoms with Crippen molar-refractivity contribution in [1.82, 2.24) is 20.7 Å². The molecule has 3 N–H and O–H groups in total. The van der Waals surface area contributed by atoms with Crippen molar-refractivity contribution in [2.24, 2.45) is 4.99 Å². The number of morpholine rings is 1. The van der Waals surface area contributed by atoms with Gasteiger partial charge in [-0.25, -0.2) is 23.1 Å². The molecule has 5 rings (SSSR count). The third kappa shape index (κ3) is 7.86. The Bertz CT molecular complexity index is 1640. The van der Waals surface area contributed by atoms with E-state index in [-0.39, 0.29) is 17.1 Å². The van der Waals surface area contributed by atoms with Gasteiger partial charge in [0.15, 0.2) is 5.83 Å². The van der Waals surface area contributed by atoms with Crippen molar-refractivity contribution in [2.45, 2.75) is 19.8 Å². The van der Waals surface area contributed by atoms with E-state index in [2.05, 4.69) is 26.1 Å². The summed E-state index contributed by atoms with van der Waals surface area (Å²) >= 11 is 6.21. The van der Waals surface area contributed by atoms with Gasteiger partial charge in [-0.1, -0.05) is 23.7 Å². The van der Waals surface area contributed by atoms with E-state index in [4.69, 9.17) is 16.3 Å². The summed E-state index contributed by atoms with van der Waals surface area (Å²) in [6.07, 6.45) is 7.37. The third-order valence-corrected chi connectivity index (χ3v) is 7.04. The lowest BCUT2D eigenvalue weighted by molar-refractivity contribution is 0.0175. The fourth-order valence-electron chi connectivity index (χ4n) is 4.66. The number of carbonyl (C=O) groups is 1. The number of aliphatic imine (C=N–C) groups is 1. The maximum Gasteiger partial charge on any atom is 0.288 e. The van der Waals surface area contributed by atoms with Crippen molar-refractivity contribution < 1.29 is 22.7 Å². The van der Waals surface area contributed by atoms with Crippen LogP contribution in [-0.4, -0.2) is 47.9 Å². The molecule has 0 aliphatic carbocycles. The first-order chi connectivity index (χ1) is 21.0. The van der Waals surface area contributed by atoms with Gasteiger partial charge in [-0.2, -0.15) is 0 Å². The highest BCUT2D eigenvalue weighted by molar-refractivity contribution is 6.31. The number of anilines is 2. The van der Waals surface area contributed by atoms with Gasteiger partial charge >= 0.3 is 0 Å². The van der Waals surface area contributed by atoms with Crippen molar-refractivity contribution in [1.29, 1.82) is 0 Å². The molecule has 8 nitrogen and oxygen atoms in total. The number of amides is 1. The van der Waals surface area contributed by atoms with Gasteiger partial charge in [0.05, 0.1) is 37.0 Å². The number of hydrogen-bond donors (Lipinski definition) is 3. The number of benzene rings is 2. The van der Waals surface area contributed by atoms with E-state index in [1.165, 1.54) is 24.4 Å². The molecular formula is C32H30ClF3N6O2. The number of ether oxygens (including phenoxy) is 1. The van der Waals surface area contributed by atoms with Crippen LogP contribution in [-0.2, 0) is 10.7 Å². The Labute approximate surface area is 258 Å². The molecule has 3 aromatic rings. The fourth-order valence-corrected chi connectivity index (χ4v) is 4.95. The summed E-state index contributed by atoms with van der Waals surface area (Å²) in [6.45, 7) is 4.93. The van der Waals surface area contributed by atoms with Gasteiger partial charge in [0.25, 0.3) is 11.8 Å². The number of carbonyl (C=O) groups excluding carboxylic acids is 1. The second-order valence-electron chi connectivity index (χ2n) is 10.3. The maximum atomic E-state index is 14.7. The minimum atomic E-state index is -3.08. The number of alkyl halides is 2. The Morgan fingerprint density at radius 2 is 1.82 bits per heavy atom. The lowest BCUT2D eigenvalue weighted by atomic mass is 9.98. The van der Waals surface area contributed by atoms with E-state index in [1.807, 2.05) is 17.9 Å². The Kier molecular flexibility index (Phi) is 9.36. The predicted octanol–water partition coefficient (Wildman–Crippen LogP) is 6.80. The molecule has 44 heavy (non-hydrogen) atoms. The zero-order chi connectivity index (χ0) is 31.3. The smallest absolute Gasteiger partial charge is 0.288 e. The number of allylic oxidation sites excluding steroid dienone is 3. The lowest BCUT2D eigenvalue weighted by Gasteiger charge is -2.30. The number of rotatable bonds is 6. The molecule has 228 valence electrons. The van der Waals surface area contributed by atoms with Gasteiger partial charge in [0.1, 0.15) is 11.5 Å². The number of aromatic nitrogens is 1. The molecule has 0 saturated carbocycles. The second kappa shape index (κ2) is 13.4. The van der Waals surface area contributed by atoms with Crippen molar-refractivity contribution >= 4 is 34.7 Å². The largest absolute Gasteiger partial charge is 0.378 e. The van der Waals surface area contributed by atoms with Gasteiger partial charge in [-0.05, 0) is 78.2 Å². The zero-order valence-corrected chi connectivity index (χ0v) is 24.8. The summed E-state index contributed by atoms with van der Waals surface area (Å²) in [7, 11) is 0. The Morgan fingerprint density at radius 1 is 1.05 bits per heavy atom. The predicted molar refractivity (Wildman–Crippen MR) is 166 cm³/mol. The van der Waals surface area contributed by atoms with Crippen LogP contribution in [0.4, 0.5) is 24.5 Å². The quantitative estimate of drug-likeness (QED) is 0.262. The normalized spacial score (nSPS) is 19.7. The number of nitrogens with one attached hydrogen (secondary N) is 3. The highest BCUT2D eigenvalue weighted by Crippen LogP contribution is 2.35. The Morgan fingerprint density at radius 3 is 2.52 bits per heavy atom. The highest BCUT2D eigenvalue weighted by Gasteiger charge is 2.26. The number of aryl methyl sites for hydroxylation is 1. The van der Waals surface area contributed by atoms with Crippen LogP contribution in [0, 0.1) is 6.92 Å². The van der Waals surface area contributed by atoms with Crippen LogP contribution in [0.3, 0.4) is 0 Å². The Balaban J connectivity index is 1.24. The van der Waals surface area contributed by atoms with E-state index >= 15 is 0 Å². The van der Waals surface area contributed by atoms with Crippen LogP contribution in [0.15, 0.2) is 95.7 Å². The molecule has 0 unspecified atom stereocenters. The number of amidine groups is 1. The van der Waals surface area contributed by atoms with E-state index in [0.29, 0.717) is 59.5 Å². The second-order valence-corrected chi connectivity index (χ2v) is 10.8. The zero-order valence-electron chi connectivity index (χ0n) is 24.0. The molecule has 1 amide bonds. The average Bonchev–Trinajstić information content (AvgIpc) is 2.98. The van der Waals surface area contributed by atoms with Crippen molar-refractivity contribution in [3.63, 3.8) is 0 Å². The fraction of sp³-hybridized carbons (Fsp3) is 0.219. The van der Waals surface area contributed by atoms with E-state index in [9.17, 15) is 18.0 Å². The molecule has 3 heterocycles. The van der Waals surface area contributed by atoms with Crippen molar-refractivity contribution in [3.8, 4) is 11.1 Å². The number of hydrazine groups is 1. The van der Waals surface area contributed by atoms with Crippen LogP contribution >= 0.6 is 11.6 Å². The van der Waals surface area contributed by atoms with Gasteiger partial charge in [-0.15, -0.1) is 0 Å². The summed E-state index contributed by atoms with van der Waals surface area (Å²) in [6, 6.07) is 13.0. The molecule has 2 aliphatic heterocycles. The molecule has 12 heteroatoms. The van der Waals surface area contributed by atoms with E-state index in [0.717, 1.165) is 18.7 Å². The Hall–Kier alpha value is -4.61. The van der Waals surface area contributed by atoms with Crippen LogP contribution < -0.4 is 16.2 Å². The first-order valence-corrected chi connectivity index (χ1v) is 14.2. The summed E-state index contributed by atoms with van der Waals surface area (Å²) in [5.74, 6) is -3.93. The molecular weight excluding hydrogens is 593 g/mol. The summed E-state index contributed by atoms with van der Waals surface area (Å²) in [5, 5.41) is 3.59. The summed E-state index contributed by atoms with van der Waals surface area (Å²) < 4.78 is 48.8. The van der Waals surface area contributed by atoms with E-state index in [1.54, 1.807) is 42.5 Å². The topological polar surface area (TPSA) is 90.9 Å². The standard InChI is InChI=1S/C32H30ClF3N6O2/c1-20-12-21(15-24(33)13-20)22-14-23(32(2,35)36)17-26(16-22)39-25-6-7-28(37-18-25)31(43)41-40-30-5-3-4-29(27(34)19-38-30)42-8-10-44-11-9-42/h3-7,12-19,39H,8-11H2,1-2H3,(H,38,40)(H,41,43). The minimum Gasteiger partial charge on any atom is -0.378 e. The monoisotopic (exact) mass is 622 g/mol. The van der Waals surface area contributed by atoms with Crippen LogP contribution in [0.25, 0.3) is 11.1 Å². The number of nitrogens with zero attached hydrogens (tertiary/aromatic N) is 3. The van der Waals surface area contributed by atoms with Gasteiger partial charge in [0, 0.05) is 36.3 Å². The van der Waals surface area contributed by atoms with Crippen molar-refractivity contribution in [2.75, 3.05) is 31.6 Å². The molecule has 0 bridgehead atoms. The molecule has 0 spiro atoms. The first-order valence-electron chi connectivity index (χ1n) is 13.8. The van der Waals surface area contributed by atoms with E-state index < -0.39 is 17.7 Å². The highest BCUT2D eigenvalue weighted by atomic mass is 35.5. The number of halogens is 4. The minimum absolute atomic E-state index is 0.0821. The van der Waals surface area contributed by atoms with Gasteiger partial charge in [-0.3, -0.25) is 15.6 Å². The van der Waals surface area contributed by atoms with Crippen LogP contribution in [0.5, 0.6) is 0 Å². The van der Waals surface area contributed by atoms with Gasteiger partial charge < -0.3 is 15.0 Å². The van der Waals surface area contributed by atoms with Crippen molar-refractivity contribution in [3.05, 3.63) is 113 Å². The first kappa shape index (κ1) is 30.8. The summed E-state index contributed by atoms with van der Waals surface area (Å²) in [5.41, 5.74) is 8.55. The number of pyridine rings is 1. The molecule has 2 aliphatic rings. The SMILES string of the molecule is Cc1cc(Cl)cc(-c2cc(Nc3ccc(C(=O)NNC4=N/C=C(F)\C(N5CCOCC5)=C\C=C\4)nc3)cc(C(C)(F)F)c2)c1. The molecule has 1 saturated heterocycles. The van der Waals surface area contributed by atoms with Crippen LogP contribution in [0.1, 0.15) is 28.5 Å². The summed E-state index contributed by atoms with van der Waals surface area (Å²) in [4.78, 5) is 22.8. The third-order valence-electron chi connectivity index (χ3n) is 6.83. The van der Waals surface area contributed by atoms with Crippen LogP contribution in [0.2, 0.25) is 5.02 Å². The molecule has 1 fully saturated rings. The average molecular weight is 623 g/mol. The molecule has 1 aromatic heterocycles.